The monoisotopic (exact) mass is 699 g/mol. The number of nitrogens with zero attached hydrogens (tertiary/aromatic N) is 4. The Morgan fingerprint density at radius 1 is 0.980 bits per heavy atom. The molecule has 2 aromatic rings. The van der Waals surface area contributed by atoms with E-state index in [1.54, 1.807) is 38.1 Å². The number of anilines is 1. The van der Waals surface area contributed by atoms with E-state index in [9.17, 15) is 34.1 Å². The highest BCUT2D eigenvalue weighted by Gasteiger charge is 2.28. The van der Waals surface area contributed by atoms with Crippen molar-refractivity contribution in [2.45, 2.75) is 58.2 Å². The summed E-state index contributed by atoms with van der Waals surface area (Å²) in [6.45, 7) is 4.15. The van der Waals surface area contributed by atoms with Crippen molar-refractivity contribution in [1.82, 2.24) is 16.0 Å². The van der Waals surface area contributed by atoms with E-state index in [-0.39, 0.29) is 69.0 Å². The molecule has 50 heavy (non-hydrogen) atoms. The Kier molecular flexibility index (Phi) is 17.6. The number of nitrogens with two attached hydrogens (primary N) is 1. The molecule has 0 unspecified atom stereocenters. The van der Waals surface area contributed by atoms with Gasteiger partial charge in [0.2, 0.25) is 17.7 Å². The average Bonchev–Trinajstić information content (AvgIpc) is 3.07. The fourth-order valence-corrected chi connectivity index (χ4v) is 4.23. The first kappa shape index (κ1) is 40.2. The molecular weight excluding hydrogens is 658 g/mol. The Balaban J connectivity index is 1.96. The van der Waals surface area contributed by atoms with Gasteiger partial charge in [0, 0.05) is 48.8 Å². The molecular formula is C31H41N9O10. The normalized spacial score (nSPS) is 11.7. The van der Waals surface area contributed by atoms with Crippen LogP contribution in [-0.2, 0) is 30.5 Å². The number of primary amides is 1. The van der Waals surface area contributed by atoms with E-state index in [2.05, 4.69) is 31.3 Å². The molecule has 5 amide bonds. The van der Waals surface area contributed by atoms with Gasteiger partial charge in [0.15, 0.2) is 0 Å². The van der Waals surface area contributed by atoms with E-state index in [0.29, 0.717) is 24.1 Å². The minimum atomic E-state index is -1.04. The first-order valence-corrected chi connectivity index (χ1v) is 15.6. The molecule has 19 heteroatoms. The second kappa shape index (κ2) is 21.8. The Hall–Kier alpha value is -5.94. The van der Waals surface area contributed by atoms with Crippen LogP contribution < -0.4 is 31.7 Å². The lowest BCUT2D eigenvalue weighted by Gasteiger charge is -2.25. The standard InChI is InChI=1S/C31H41N9O10/c1-20(2)27(38-26(41)6-4-17-48-18-16-35-39-33)29(43)37-25(5-3-15-34-30(32)44)28(42)36-22-9-7-21(8-10-22)19-49-31(45)50-24-13-11-23(12-14-24)40(46)47/h7-14,20,25,27H,3-6,15-19H2,1-2H3,(H,36,42)(H,37,43)(H,38,41)(H3,32,34,44)/t25-,27-/m0/s1. The Bertz CT molecular complexity index is 1500. The maximum atomic E-state index is 13.3. The number of benzene rings is 2. The summed E-state index contributed by atoms with van der Waals surface area (Å²) in [5, 5.41) is 24.7. The summed E-state index contributed by atoms with van der Waals surface area (Å²) in [6.07, 6.45) is -0.130. The highest BCUT2D eigenvalue weighted by molar-refractivity contribution is 5.98. The van der Waals surface area contributed by atoms with Crippen molar-refractivity contribution in [1.29, 1.82) is 0 Å². The quantitative estimate of drug-likeness (QED) is 0.0185. The zero-order chi connectivity index (χ0) is 36.9. The molecule has 0 aliphatic heterocycles. The molecule has 0 saturated heterocycles. The van der Waals surface area contributed by atoms with Crippen LogP contribution in [0.25, 0.3) is 10.4 Å². The number of hydrogen-bond acceptors (Lipinski definition) is 11. The molecule has 2 rings (SSSR count). The van der Waals surface area contributed by atoms with Crippen molar-refractivity contribution in [3.63, 3.8) is 0 Å². The maximum Gasteiger partial charge on any atom is 0.514 e. The van der Waals surface area contributed by atoms with Gasteiger partial charge in [0.25, 0.3) is 5.69 Å². The zero-order valence-electron chi connectivity index (χ0n) is 27.7. The smallest absolute Gasteiger partial charge is 0.429 e. The van der Waals surface area contributed by atoms with Crippen LogP contribution in [0.2, 0.25) is 0 Å². The molecule has 0 aromatic heterocycles. The second-order valence-corrected chi connectivity index (χ2v) is 11.0. The summed E-state index contributed by atoms with van der Waals surface area (Å²) >= 11 is 0. The number of carbonyl (C=O) groups is 5. The van der Waals surface area contributed by atoms with Crippen molar-refractivity contribution in [3.05, 3.63) is 74.7 Å². The lowest BCUT2D eigenvalue weighted by atomic mass is 10.0. The lowest BCUT2D eigenvalue weighted by Crippen LogP contribution is -2.54. The number of rotatable bonds is 21. The summed E-state index contributed by atoms with van der Waals surface area (Å²) in [5.74, 6) is -1.77. The lowest BCUT2D eigenvalue weighted by molar-refractivity contribution is -0.384. The molecule has 270 valence electrons. The number of urea groups is 1. The third-order valence-electron chi connectivity index (χ3n) is 6.79. The van der Waals surface area contributed by atoms with Gasteiger partial charge >= 0.3 is 12.2 Å². The number of carbonyl (C=O) groups excluding carboxylic acids is 5. The van der Waals surface area contributed by atoms with Crippen molar-refractivity contribution in [2.75, 3.05) is 31.6 Å². The molecule has 0 bridgehead atoms. The molecule has 2 aromatic carbocycles. The number of ether oxygens (including phenoxy) is 3. The highest BCUT2D eigenvalue weighted by atomic mass is 16.7. The number of nitrogens with one attached hydrogen (secondary N) is 4. The molecule has 19 nitrogen and oxygen atoms in total. The Labute approximate surface area is 287 Å². The van der Waals surface area contributed by atoms with Crippen LogP contribution in [0.5, 0.6) is 5.75 Å². The van der Waals surface area contributed by atoms with Crippen LogP contribution in [0.1, 0.15) is 45.1 Å². The van der Waals surface area contributed by atoms with E-state index in [1.165, 1.54) is 24.3 Å². The minimum absolute atomic E-state index is 0.0645. The van der Waals surface area contributed by atoms with Gasteiger partial charge in [0.1, 0.15) is 24.4 Å². The van der Waals surface area contributed by atoms with Crippen LogP contribution in [0, 0.1) is 16.0 Å². The van der Waals surface area contributed by atoms with E-state index in [4.69, 9.17) is 25.5 Å². The van der Waals surface area contributed by atoms with Gasteiger partial charge < -0.3 is 41.2 Å². The van der Waals surface area contributed by atoms with Gasteiger partial charge in [-0.2, -0.15) is 0 Å². The molecule has 0 aliphatic carbocycles. The molecule has 0 saturated carbocycles. The molecule has 0 spiro atoms. The van der Waals surface area contributed by atoms with Gasteiger partial charge in [-0.1, -0.05) is 31.1 Å². The van der Waals surface area contributed by atoms with E-state index in [0.717, 1.165) is 0 Å². The van der Waals surface area contributed by atoms with E-state index in [1.807, 2.05) is 0 Å². The first-order chi connectivity index (χ1) is 23.9. The number of nitro benzene ring substituents is 1. The number of amides is 5. The number of azide groups is 1. The van der Waals surface area contributed by atoms with Gasteiger partial charge in [-0.05, 0) is 60.5 Å². The molecule has 0 radical (unpaired) electrons. The molecule has 6 N–H and O–H groups in total. The Morgan fingerprint density at radius 2 is 1.68 bits per heavy atom. The SMILES string of the molecule is CC(C)[C@H](NC(=O)CCCOCCN=[N+]=[N-])C(=O)N[C@@H](CCCNC(N)=O)C(=O)Nc1ccc(COC(=O)Oc2ccc([N+](=O)[O-])cc2)cc1. The topological polar surface area (TPSA) is 279 Å². The number of hydrogen-bond donors (Lipinski definition) is 5. The molecule has 2 atom stereocenters. The van der Waals surface area contributed by atoms with Crippen molar-refractivity contribution in [2.24, 2.45) is 16.8 Å². The van der Waals surface area contributed by atoms with E-state index < -0.39 is 41.0 Å². The fourth-order valence-electron chi connectivity index (χ4n) is 4.23. The first-order valence-electron chi connectivity index (χ1n) is 15.6. The molecule has 0 heterocycles. The van der Waals surface area contributed by atoms with Crippen molar-refractivity contribution in [3.8, 4) is 5.75 Å². The fraction of sp³-hybridized carbons (Fsp3) is 0.452. The number of nitro groups is 1. The molecule has 0 fully saturated rings. The second-order valence-electron chi connectivity index (χ2n) is 11.0. The predicted octanol–water partition coefficient (Wildman–Crippen LogP) is 3.43. The van der Waals surface area contributed by atoms with Crippen LogP contribution in [0.15, 0.2) is 53.6 Å². The summed E-state index contributed by atoms with van der Waals surface area (Å²) < 4.78 is 15.4. The van der Waals surface area contributed by atoms with Crippen molar-refractivity contribution >= 4 is 41.3 Å². The Morgan fingerprint density at radius 3 is 2.30 bits per heavy atom. The van der Waals surface area contributed by atoms with E-state index >= 15 is 0 Å². The zero-order valence-corrected chi connectivity index (χ0v) is 27.7. The van der Waals surface area contributed by atoms with Crippen molar-refractivity contribution < 1.29 is 43.1 Å². The largest absolute Gasteiger partial charge is 0.514 e. The summed E-state index contributed by atoms with van der Waals surface area (Å²) in [5.41, 5.74) is 14.2. The van der Waals surface area contributed by atoms with Crippen LogP contribution in [-0.4, -0.2) is 73.2 Å². The van der Waals surface area contributed by atoms with Gasteiger partial charge in [-0.25, -0.2) is 9.59 Å². The highest BCUT2D eigenvalue weighted by Crippen LogP contribution is 2.18. The predicted molar refractivity (Wildman–Crippen MR) is 179 cm³/mol. The van der Waals surface area contributed by atoms with Gasteiger partial charge in [-0.15, -0.1) is 0 Å². The maximum absolute atomic E-state index is 13.3. The van der Waals surface area contributed by atoms with Crippen LogP contribution in [0.4, 0.5) is 21.0 Å². The molecule has 0 aliphatic rings. The summed E-state index contributed by atoms with van der Waals surface area (Å²) in [7, 11) is 0. The third kappa shape index (κ3) is 15.8. The number of non-ortho nitro benzene ring substituents is 1. The minimum Gasteiger partial charge on any atom is -0.429 e. The summed E-state index contributed by atoms with van der Waals surface area (Å²) in [6, 6.07) is 8.47. The van der Waals surface area contributed by atoms with Gasteiger partial charge in [0.05, 0.1) is 11.5 Å². The third-order valence-corrected chi connectivity index (χ3v) is 6.79. The summed E-state index contributed by atoms with van der Waals surface area (Å²) in [4.78, 5) is 75.1. The van der Waals surface area contributed by atoms with Gasteiger partial charge in [-0.3, -0.25) is 24.5 Å². The van der Waals surface area contributed by atoms with Crippen LogP contribution in [0.3, 0.4) is 0 Å². The van der Waals surface area contributed by atoms with Crippen LogP contribution >= 0.6 is 0 Å². The average molecular weight is 700 g/mol.